The summed E-state index contributed by atoms with van der Waals surface area (Å²) >= 11 is 0. The van der Waals surface area contributed by atoms with Gasteiger partial charge < -0.3 is 4.74 Å². The third-order valence-electron chi connectivity index (χ3n) is 5.92. The van der Waals surface area contributed by atoms with Crippen LogP contribution < -0.4 is 0 Å². The maximum Gasteiger partial charge on any atom is 0.321 e. The molecule has 3 nitrogen and oxygen atoms in total. The summed E-state index contributed by atoms with van der Waals surface area (Å²) in [4.78, 5) is 26.5. The minimum atomic E-state index is -0.923. The van der Waals surface area contributed by atoms with Crippen molar-refractivity contribution in [3.8, 4) is 0 Å². The summed E-state index contributed by atoms with van der Waals surface area (Å²) in [5, 5.41) is 0. The van der Waals surface area contributed by atoms with Crippen LogP contribution in [0.1, 0.15) is 61.9 Å². The first kappa shape index (κ1) is 20.3. The quantitative estimate of drug-likeness (QED) is 0.370. The van der Waals surface area contributed by atoms with Crippen molar-refractivity contribution in [3.63, 3.8) is 0 Å². The third kappa shape index (κ3) is 4.70. The first-order valence-electron chi connectivity index (χ1n) is 10.3. The smallest absolute Gasteiger partial charge is 0.321 e. The van der Waals surface area contributed by atoms with Crippen LogP contribution in [0.5, 0.6) is 0 Å². The monoisotopic (exact) mass is 378 g/mol. The lowest BCUT2D eigenvalue weighted by molar-refractivity contribution is -0.156. The molecule has 0 N–H and O–H groups in total. The van der Waals surface area contributed by atoms with E-state index in [-0.39, 0.29) is 11.9 Å². The van der Waals surface area contributed by atoms with Gasteiger partial charge in [-0.1, -0.05) is 87.9 Å². The summed E-state index contributed by atoms with van der Waals surface area (Å²) < 4.78 is 6.04. The highest BCUT2D eigenvalue weighted by Gasteiger charge is 2.37. The summed E-state index contributed by atoms with van der Waals surface area (Å²) in [7, 11) is 0. The first-order valence-corrected chi connectivity index (χ1v) is 10.3. The van der Waals surface area contributed by atoms with Crippen molar-refractivity contribution in [3.05, 3.63) is 71.8 Å². The molecule has 0 amide bonds. The van der Waals surface area contributed by atoms with Crippen LogP contribution in [0, 0.1) is 17.8 Å². The number of ketones is 1. The Morgan fingerprint density at radius 2 is 1.54 bits per heavy atom. The second-order valence-electron chi connectivity index (χ2n) is 8.38. The fraction of sp³-hybridized carbons (Fsp3) is 0.440. The van der Waals surface area contributed by atoms with Crippen LogP contribution in [0.3, 0.4) is 0 Å². The number of hydrogen-bond acceptors (Lipinski definition) is 3. The Labute approximate surface area is 168 Å². The van der Waals surface area contributed by atoms with E-state index in [4.69, 9.17) is 4.74 Å². The van der Waals surface area contributed by atoms with Crippen molar-refractivity contribution in [2.45, 2.75) is 52.1 Å². The molecular weight excluding hydrogens is 348 g/mol. The first-order chi connectivity index (χ1) is 13.5. The molecule has 1 aliphatic rings. The summed E-state index contributed by atoms with van der Waals surface area (Å²) in [6, 6.07) is 18.3. The molecule has 148 valence electrons. The van der Waals surface area contributed by atoms with Crippen molar-refractivity contribution in [2.24, 2.45) is 17.8 Å². The van der Waals surface area contributed by atoms with Crippen LogP contribution in [-0.4, -0.2) is 17.9 Å². The van der Waals surface area contributed by atoms with Crippen LogP contribution in [0.15, 0.2) is 60.7 Å². The van der Waals surface area contributed by atoms with Crippen LogP contribution >= 0.6 is 0 Å². The number of Topliss-reactive ketones (excluding diaryl/α,β-unsaturated/α-hetero) is 1. The molecule has 0 heterocycles. The summed E-state index contributed by atoms with van der Waals surface area (Å²) in [5.41, 5.74) is 1.22. The molecule has 1 fully saturated rings. The van der Waals surface area contributed by atoms with Crippen LogP contribution in [0.25, 0.3) is 0 Å². The van der Waals surface area contributed by atoms with Gasteiger partial charge in [-0.15, -0.1) is 0 Å². The predicted molar refractivity (Wildman–Crippen MR) is 111 cm³/mol. The van der Waals surface area contributed by atoms with E-state index in [1.165, 1.54) is 6.42 Å². The van der Waals surface area contributed by atoms with Gasteiger partial charge in [-0.25, -0.2) is 0 Å². The Bertz CT molecular complexity index is 782. The van der Waals surface area contributed by atoms with Gasteiger partial charge in [0.2, 0.25) is 0 Å². The van der Waals surface area contributed by atoms with Crippen molar-refractivity contribution < 1.29 is 14.3 Å². The fourth-order valence-corrected chi connectivity index (χ4v) is 4.28. The predicted octanol–water partition coefficient (Wildman–Crippen LogP) is 5.66. The molecule has 28 heavy (non-hydrogen) atoms. The largest absolute Gasteiger partial charge is 0.461 e. The molecule has 1 aliphatic carbocycles. The van der Waals surface area contributed by atoms with E-state index in [9.17, 15) is 9.59 Å². The van der Waals surface area contributed by atoms with E-state index >= 15 is 0 Å². The van der Waals surface area contributed by atoms with Crippen LogP contribution in [0.4, 0.5) is 0 Å². The second kappa shape index (κ2) is 9.18. The minimum absolute atomic E-state index is 0.119. The van der Waals surface area contributed by atoms with Gasteiger partial charge in [0.05, 0.1) is 0 Å². The molecule has 3 rings (SSSR count). The summed E-state index contributed by atoms with van der Waals surface area (Å²) in [5.74, 6) is -0.221. The molecular formula is C25H30O3. The van der Waals surface area contributed by atoms with E-state index in [1.807, 2.05) is 48.5 Å². The van der Waals surface area contributed by atoms with E-state index in [1.54, 1.807) is 12.1 Å². The summed E-state index contributed by atoms with van der Waals surface area (Å²) in [6.07, 6.45) is 2.99. The van der Waals surface area contributed by atoms with E-state index < -0.39 is 11.9 Å². The topological polar surface area (TPSA) is 43.4 Å². The average Bonchev–Trinajstić information content (AvgIpc) is 2.69. The average molecular weight is 379 g/mol. The summed E-state index contributed by atoms with van der Waals surface area (Å²) in [6.45, 7) is 6.58. The maximum absolute atomic E-state index is 13.3. The molecule has 2 aromatic rings. The molecule has 1 saturated carbocycles. The standard InChI is InChI=1S/C25H30O3/c1-17(2)21-15-14-18(3)16-22(21)28-25(27)23(19-10-6-4-7-11-19)24(26)20-12-8-5-9-13-20/h4-13,17-18,21-23H,14-16H2,1-3H3/t18-,21+,22-,23-/m1/s1. The Morgan fingerprint density at radius 1 is 0.929 bits per heavy atom. The van der Waals surface area contributed by atoms with Crippen molar-refractivity contribution in [1.82, 2.24) is 0 Å². The van der Waals surface area contributed by atoms with E-state index in [2.05, 4.69) is 20.8 Å². The van der Waals surface area contributed by atoms with Crippen molar-refractivity contribution in [1.29, 1.82) is 0 Å². The van der Waals surface area contributed by atoms with Crippen molar-refractivity contribution in [2.75, 3.05) is 0 Å². The third-order valence-corrected chi connectivity index (χ3v) is 5.92. The van der Waals surface area contributed by atoms with E-state index in [0.29, 0.717) is 28.9 Å². The molecule has 0 radical (unpaired) electrons. The number of carbonyl (C=O) groups excluding carboxylic acids is 2. The van der Waals surface area contributed by atoms with Gasteiger partial charge >= 0.3 is 5.97 Å². The maximum atomic E-state index is 13.3. The minimum Gasteiger partial charge on any atom is -0.461 e. The zero-order chi connectivity index (χ0) is 20.1. The van der Waals surface area contributed by atoms with Crippen LogP contribution in [-0.2, 0) is 9.53 Å². The fourth-order valence-electron chi connectivity index (χ4n) is 4.28. The number of hydrogen-bond donors (Lipinski definition) is 0. The second-order valence-corrected chi connectivity index (χ2v) is 8.38. The molecule has 0 saturated heterocycles. The highest BCUT2D eigenvalue weighted by atomic mass is 16.5. The van der Waals surface area contributed by atoms with Gasteiger partial charge in [0.1, 0.15) is 12.0 Å². The Morgan fingerprint density at radius 3 is 2.14 bits per heavy atom. The number of carbonyl (C=O) groups is 2. The zero-order valence-electron chi connectivity index (χ0n) is 17.0. The molecule has 4 atom stereocenters. The Hall–Kier alpha value is -2.42. The van der Waals surface area contributed by atoms with Crippen LogP contribution in [0.2, 0.25) is 0 Å². The van der Waals surface area contributed by atoms with E-state index in [0.717, 1.165) is 12.8 Å². The molecule has 0 spiro atoms. The molecule has 0 aromatic heterocycles. The van der Waals surface area contributed by atoms with Gasteiger partial charge in [0.15, 0.2) is 5.78 Å². The Balaban J connectivity index is 1.87. The lowest BCUT2D eigenvalue weighted by Crippen LogP contribution is -2.38. The molecule has 0 bridgehead atoms. The highest BCUT2D eigenvalue weighted by molar-refractivity contribution is 6.13. The number of benzene rings is 2. The van der Waals surface area contributed by atoms with Crippen molar-refractivity contribution >= 4 is 11.8 Å². The van der Waals surface area contributed by atoms with Gasteiger partial charge in [-0.3, -0.25) is 9.59 Å². The van der Waals surface area contributed by atoms with Gasteiger partial charge in [-0.2, -0.15) is 0 Å². The SMILES string of the molecule is CC(C)[C@@H]1CC[C@@H](C)C[C@H]1OC(=O)[C@@H](C(=O)c1ccccc1)c1ccccc1. The lowest BCUT2D eigenvalue weighted by atomic mass is 9.75. The van der Waals surface area contributed by atoms with Gasteiger partial charge in [0, 0.05) is 5.56 Å². The number of esters is 1. The Kier molecular flexibility index (Phi) is 6.66. The molecule has 2 aromatic carbocycles. The normalized spacial score (nSPS) is 23.2. The highest BCUT2D eigenvalue weighted by Crippen LogP contribution is 2.36. The van der Waals surface area contributed by atoms with Gasteiger partial charge in [-0.05, 0) is 36.2 Å². The number of rotatable bonds is 6. The molecule has 0 aliphatic heterocycles. The molecule has 0 unspecified atom stereocenters. The zero-order valence-corrected chi connectivity index (χ0v) is 17.0. The molecule has 3 heteroatoms. The number of ether oxygens (including phenoxy) is 1. The van der Waals surface area contributed by atoms with Gasteiger partial charge in [0.25, 0.3) is 0 Å². The lowest BCUT2D eigenvalue weighted by Gasteiger charge is -2.37.